The molecule has 1 saturated carbocycles. The van der Waals surface area contributed by atoms with Crippen LogP contribution in [0.15, 0.2) is 36.5 Å². The Morgan fingerprint density at radius 3 is 2.64 bits per heavy atom. The third kappa shape index (κ3) is 5.19. The van der Waals surface area contributed by atoms with Gasteiger partial charge in [-0.3, -0.25) is 9.59 Å². The number of rotatable bonds is 8. The van der Waals surface area contributed by atoms with Gasteiger partial charge in [-0.1, -0.05) is 18.9 Å². The molecule has 192 valence electrons. The van der Waals surface area contributed by atoms with Crippen LogP contribution in [0, 0.1) is 0 Å². The van der Waals surface area contributed by atoms with E-state index in [0.717, 1.165) is 42.9 Å². The summed E-state index contributed by atoms with van der Waals surface area (Å²) in [6.07, 6.45) is 9.96. The fourth-order valence-electron chi connectivity index (χ4n) is 5.89. The molecule has 5 rings (SSSR count). The Balaban J connectivity index is 1.27. The molecule has 2 fully saturated rings. The molecule has 8 heteroatoms. The summed E-state index contributed by atoms with van der Waals surface area (Å²) in [5, 5.41) is 6.43. The topological polar surface area (TPSA) is 80.8 Å². The van der Waals surface area contributed by atoms with Gasteiger partial charge in [0, 0.05) is 37.0 Å². The lowest BCUT2D eigenvalue weighted by Gasteiger charge is -2.43. The second-order valence-corrected chi connectivity index (χ2v) is 10.3. The third-order valence-electron chi connectivity index (χ3n) is 7.86. The van der Waals surface area contributed by atoms with Crippen molar-refractivity contribution in [2.24, 2.45) is 0 Å². The van der Waals surface area contributed by atoms with E-state index >= 15 is 0 Å². The molecule has 3 heterocycles. The van der Waals surface area contributed by atoms with Gasteiger partial charge in [-0.25, -0.2) is 4.98 Å². The lowest BCUT2D eigenvalue weighted by Crippen LogP contribution is -2.54. The molecule has 8 nitrogen and oxygen atoms in total. The monoisotopic (exact) mass is 490 g/mol. The van der Waals surface area contributed by atoms with Gasteiger partial charge in [0.05, 0.1) is 17.6 Å². The number of benzene rings is 1. The number of nitrogens with zero attached hydrogens (tertiary/aromatic N) is 4. The van der Waals surface area contributed by atoms with Crippen LogP contribution >= 0.6 is 0 Å². The number of likely N-dealkylation sites (N-methyl/N-ethyl adjacent to an activating group) is 1. The summed E-state index contributed by atoms with van der Waals surface area (Å²) >= 11 is 0. The first-order chi connectivity index (χ1) is 17.5. The maximum atomic E-state index is 12.9. The molecule has 1 unspecified atom stereocenters. The van der Waals surface area contributed by atoms with Gasteiger partial charge in [0.15, 0.2) is 0 Å². The molecular weight excluding hydrogens is 452 g/mol. The van der Waals surface area contributed by atoms with E-state index in [1.807, 2.05) is 44.3 Å². The van der Waals surface area contributed by atoms with Gasteiger partial charge in [-0.15, -0.1) is 0 Å². The molecular formula is C28H38N6O2. The number of nitrogens with one attached hydrogen (secondary N) is 2. The minimum absolute atomic E-state index is 0.0557. The SMILES string of the molecule is CC1C(=O)N(C)c2cnc(Nc3cccc(C(=O)NCCCN4CCCC4)c3)cc2N1C1CCCC1. The summed E-state index contributed by atoms with van der Waals surface area (Å²) in [5.41, 5.74) is 3.33. The average Bonchev–Trinajstić information content (AvgIpc) is 3.60. The fourth-order valence-corrected chi connectivity index (χ4v) is 5.89. The van der Waals surface area contributed by atoms with Crippen molar-refractivity contribution in [3.8, 4) is 0 Å². The van der Waals surface area contributed by atoms with Gasteiger partial charge in [0.1, 0.15) is 11.9 Å². The Hall–Kier alpha value is -3.13. The van der Waals surface area contributed by atoms with Gasteiger partial charge in [0.2, 0.25) is 5.91 Å². The summed E-state index contributed by atoms with van der Waals surface area (Å²) in [4.78, 5) is 36.7. The van der Waals surface area contributed by atoms with E-state index in [1.54, 1.807) is 11.1 Å². The van der Waals surface area contributed by atoms with Crippen LogP contribution in [0.25, 0.3) is 0 Å². The van der Waals surface area contributed by atoms with Crippen LogP contribution in [0.3, 0.4) is 0 Å². The first-order valence-corrected chi connectivity index (χ1v) is 13.4. The zero-order valence-corrected chi connectivity index (χ0v) is 21.5. The number of hydrogen-bond donors (Lipinski definition) is 2. The molecule has 1 aromatic carbocycles. The Bertz CT molecular complexity index is 1090. The number of anilines is 4. The zero-order chi connectivity index (χ0) is 25.1. The van der Waals surface area contributed by atoms with Gasteiger partial charge in [0.25, 0.3) is 5.91 Å². The van der Waals surface area contributed by atoms with E-state index in [2.05, 4.69) is 25.4 Å². The number of amides is 2. The van der Waals surface area contributed by atoms with Crippen molar-refractivity contribution < 1.29 is 9.59 Å². The highest BCUT2D eigenvalue weighted by molar-refractivity contribution is 6.05. The Morgan fingerprint density at radius 1 is 1.08 bits per heavy atom. The smallest absolute Gasteiger partial charge is 0.251 e. The molecule has 1 aromatic heterocycles. The quantitative estimate of drug-likeness (QED) is 0.541. The molecule has 1 atom stereocenters. The lowest BCUT2D eigenvalue weighted by atomic mass is 10.0. The minimum atomic E-state index is -0.196. The number of hydrogen-bond acceptors (Lipinski definition) is 6. The summed E-state index contributed by atoms with van der Waals surface area (Å²) in [6.45, 7) is 6.09. The predicted molar refractivity (Wildman–Crippen MR) is 144 cm³/mol. The minimum Gasteiger partial charge on any atom is -0.355 e. The molecule has 36 heavy (non-hydrogen) atoms. The first-order valence-electron chi connectivity index (χ1n) is 13.4. The standard InChI is InChI=1S/C28H38N6O2/c1-20-28(36)32(2)25-19-30-26(18-24(25)34(20)23-11-3-4-12-23)31-22-10-7-9-21(17-22)27(35)29-13-8-16-33-14-5-6-15-33/h7,9-10,17-20,23H,3-6,8,11-16H2,1-2H3,(H,29,35)(H,30,31). The molecule has 1 aliphatic carbocycles. The summed E-state index contributed by atoms with van der Waals surface area (Å²) in [6, 6.07) is 9.76. The number of carbonyl (C=O) groups excluding carboxylic acids is 2. The molecule has 1 saturated heterocycles. The van der Waals surface area contributed by atoms with Crippen molar-refractivity contribution in [3.63, 3.8) is 0 Å². The molecule has 2 amide bonds. The highest BCUT2D eigenvalue weighted by atomic mass is 16.2. The van der Waals surface area contributed by atoms with Crippen molar-refractivity contribution in [2.75, 3.05) is 48.3 Å². The maximum absolute atomic E-state index is 12.9. The van der Waals surface area contributed by atoms with Gasteiger partial charge < -0.3 is 25.3 Å². The van der Waals surface area contributed by atoms with E-state index in [-0.39, 0.29) is 17.9 Å². The first kappa shape index (κ1) is 24.6. The maximum Gasteiger partial charge on any atom is 0.251 e. The van der Waals surface area contributed by atoms with Crippen molar-refractivity contribution in [1.82, 2.24) is 15.2 Å². The molecule has 2 aromatic rings. The van der Waals surface area contributed by atoms with E-state index in [4.69, 9.17) is 0 Å². The predicted octanol–water partition coefficient (Wildman–Crippen LogP) is 4.15. The highest BCUT2D eigenvalue weighted by Gasteiger charge is 2.38. The summed E-state index contributed by atoms with van der Waals surface area (Å²) in [7, 11) is 1.83. The molecule has 3 aliphatic rings. The number of carbonyl (C=O) groups is 2. The summed E-state index contributed by atoms with van der Waals surface area (Å²) in [5.74, 6) is 0.755. The lowest BCUT2D eigenvalue weighted by molar-refractivity contribution is -0.119. The van der Waals surface area contributed by atoms with Crippen LogP contribution in [-0.4, -0.2) is 67.0 Å². The number of pyridine rings is 1. The van der Waals surface area contributed by atoms with Crippen LogP contribution in [0.1, 0.15) is 62.2 Å². The van der Waals surface area contributed by atoms with E-state index in [9.17, 15) is 9.59 Å². The Labute approximate surface area is 214 Å². The number of aromatic nitrogens is 1. The van der Waals surface area contributed by atoms with Crippen molar-refractivity contribution in [2.45, 2.75) is 64.0 Å². The van der Waals surface area contributed by atoms with Crippen LogP contribution in [0.4, 0.5) is 22.9 Å². The van der Waals surface area contributed by atoms with Crippen LogP contribution in [0.5, 0.6) is 0 Å². The van der Waals surface area contributed by atoms with Crippen LogP contribution < -0.4 is 20.4 Å². The van der Waals surface area contributed by atoms with Gasteiger partial charge >= 0.3 is 0 Å². The number of fused-ring (bicyclic) bond motifs is 1. The van der Waals surface area contributed by atoms with Gasteiger partial charge in [-0.05, 0) is 76.9 Å². The second kappa shape index (κ2) is 10.9. The summed E-state index contributed by atoms with van der Waals surface area (Å²) < 4.78 is 0. The number of likely N-dealkylation sites (tertiary alicyclic amines) is 1. The Morgan fingerprint density at radius 2 is 1.86 bits per heavy atom. The zero-order valence-electron chi connectivity index (χ0n) is 21.5. The fraction of sp³-hybridized carbons (Fsp3) is 0.536. The third-order valence-corrected chi connectivity index (χ3v) is 7.86. The van der Waals surface area contributed by atoms with Crippen molar-refractivity contribution in [1.29, 1.82) is 0 Å². The average molecular weight is 491 g/mol. The molecule has 2 aliphatic heterocycles. The molecule has 0 radical (unpaired) electrons. The Kier molecular flexibility index (Phi) is 7.41. The van der Waals surface area contributed by atoms with Crippen LogP contribution in [0.2, 0.25) is 0 Å². The molecule has 0 bridgehead atoms. The van der Waals surface area contributed by atoms with E-state index < -0.39 is 0 Å². The largest absolute Gasteiger partial charge is 0.355 e. The van der Waals surface area contributed by atoms with Crippen LogP contribution in [-0.2, 0) is 4.79 Å². The van der Waals surface area contributed by atoms with E-state index in [0.29, 0.717) is 24.0 Å². The normalized spacial score (nSPS) is 20.6. The van der Waals surface area contributed by atoms with E-state index in [1.165, 1.54) is 38.8 Å². The van der Waals surface area contributed by atoms with Gasteiger partial charge in [-0.2, -0.15) is 0 Å². The van der Waals surface area contributed by atoms with Crippen molar-refractivity contribution in [3.05, 3.63) is 42.1 Å². The van der Waals surface area contributed by atoms with Crippen molar-refractivity contribution >= 4 is 34.7 Å². The molecule has 0 spiro atoms. The highest BCUT2D eigenvalue weighted by Crippen LogP contribution is 2.41. The molecule has 2 N–H and O–H groups in total. The second-order valence-electron chi connectivity index (χ2n) is 10.3.